The van der Waals surface area contributed by atoms with Crippen LogP contribution in [0.2, 0.25) is 5.02 Å². The van der Waals surface area contributed by atoms with Crippen LogP contribution in [0.4, 0.5) is 11.1 Å². The molecule has 0 radical (unpaired) electrons. The minimum absolute atomic E-state index is 0.325. The molecule has 3 rings (SSSR count). The molecule has 2 aromatic heterocycles. The highest BCUT2D eigenvalue weighted by Gasteiger charge is 2.17. The summed E-state index contributed by atoms with van der Waals surface area (Å²) < 4.78 is 5.02. The van der Waals surface area contributed by atoms with Crippen LogP contribution in [-0.4, -0.2) is 27.5 Å². The molecule has 1 aromatic carbocycles. The standard InChI is InChI=1S/C17H15ClN4O2S/c1-3-24-15(23)14-10(2)20-17(25-14)22-16-19-9-8-13(21-16)11-4-6-12(18)7-5-11/h4-9H,3H2,1-2H3,(H,19,20,21,22). The predicted octanol–water partition coefficient (Wildman–Crippen LogP) is 4.48. The fourth-order valence-corrected chi connectivity index (χ4v) is 3.11. The van der Waals surface area contributed by atoms with Gasteiger partial charge in [0.2, 0.25) is 5.95 Å². The van der Waals surface area contributed by atoms with E-state index in [0.717, 1.165) is 11.3 Å². The quantitative estimate of drug-likeness (QED) is 0.663. The molecular formula is C17H15ClN4O2S. The van der Waals surface area contributed by atoms with E-state index in [1.165, 1.54) is 11.3 Å². The Morgan fingerprint density at radius 2 is 2.00 bits per heavy atom. The second-order valence-corrected chi connectivity index (χ2v) is 6.49. The Morgan fingerprint density at radius 1 is 1.24 bits per heavy atom. The Morgan fingerprint density at radius 3 is 2.72 bits per heavy atom. The molecule has 0 saturated heterocycles. The summed E-state index contributed by atoms with van der Waals surface area (Å²) in [6, 6.07) is 9.21. The van der Waals surface area contributed by atoms with E-state index in [-0.39, 0.29) is 5.97 Å². The molecule has 0 bridgehead atoms. The zero-order valence-electron chi connectivity index (χ0n) is 13.6. The minimum Gasteiger partial charge on any atom is -0.462 e. The molecule has 0 spiro atoms. The minimum atomic E-state index is -0.374. The maximum absolute atomic E-state index is 11.9. The van der Waals surface area contributed by atoms with E-state index in [4.69, 9.17) is 16.3 Å². The molecule has 0 saturated carbocycles. The number of hydrogen-bond acceptors (Lipinski definition) is 7. The lowest BCUT2D eigenvalue weighted by atomic mass is 10.1. The zero-order valence-corrected chi connectivity index (χ0v) is 15.2. The number of hydrogen-bond donors (Lipinski definition) is 1. The molecular weight excluding hydrogens is 360 g/mol. The number of benzene rings is 1. The third-order valence-corrected chi connectivity index (χ3v) is 4.58. The highest BCUT2D eigenvalue weighted by atomic mass is 35.5. The van der Waals surface area contributed by atoms with Crippen LogP contribution in [-0.2, 0) is 4.74 Å². The molecule has 0 amide bonds. The summed E-state index contributed by atoms with van der Waals surface area (Å²) in [4.78, 5) is 25.4. The zero-order chi connectivity index (χ0) is 17.8. The molecule has 128 valence electrons. The van der Waals surface area contributed by atoms with Crippen LogP contribution in [0.3, 0.4) is 0 Å². The molecule has 0 aliphatic heterocycles. The molecule has 25 heavy (non-hydrogen) atoms. The molecule has 0 unspecified atom stereocenters. The highest BCUT2D eigenvalue weighted by molar-refractivity contribution is 7.17. The number of nitrogens with zero attached hydrogens (tertiary/aromatic N) is 3. The first kappa shape index (κ1) is 17.3. The SMILES string of the molecule is CCOC(=O)c1sc(Nc2nccc(-c3ccc(Cl)cc3)n2)nc1C. The first-order valence-electron chi connectivity index (χ1n) is 7.57. The summed E-state index contributed by atoms with van der Waals surface area (Å²) >= 11 is 7.12. The van der Waals surface area contributed by atoms with Gasteiger partial charge in [-0.1, -0.05) is 35.1 Å². The molecule has 0 aliphatic carbocycles. The van der Waals surface area contributed by atoms with E-state index in [0.29, 0.717) is 33.3 Å². The number of esters is 1. The summed E-state index contributed by atoms with van der Waals surface area (Å²) in [6.07, 6.45) is 1.66. The van der Waals surface area contributed by atoms with Crippen LogP contribution in [0.1, 0.15) is 22.3 Å². The van der Waals surface area contributed by atoms with Gasteiger partial charge >= 0.3 is 5.97 Å². The van der Waals surface area contributed by atoms with Crippen LogP contribution in [0, 0.1) is 6.92 Å². The molecule has 1 N–H and O–H groups in total. The van der Waals surface area contributed by atoms with Gasteiger partial charge in [0.1, 0.15) is 4.88 Å². The normalized spacial score (nSPS) is 10.5. The van der Waals surface area contributed by atoms with Crippen molar-refractivity contribution in [2.75, 3.05) is 11.9 Å². The topological polar surface area (TPSA) is 77.0 Å². The molecule has 0 aliphatic rings. The van der Waals surface area contributed by atoms with Crippen molar-refractivity contribution in [2.45, 2.75) is 13.8 Å². The molecule has 0 fully saturated rings. The number of rotatable bonds is 5. The first-order chi connectivity index (χ1) is 12.1. The smallest absolute Gasteiger partial charge is 0.350 e. The summed E-state index contributed by atoms with van der Waals surface area (Å²) in [5.41, 5.74) is 2.30. The van der Waals surface area contributed by atoms with E-state index >= 15 is 0 Å². The number of nitrogens with one attached hydrogen (secondary N) is 1. The van der Waals surface area contributed by atoms with Crippen LogP contribution in [0.25, 0.3) is 11.3 Å². The average molecular weight is 375 g/mol. The van der Waals surface area contributed by atoms with Gasteiger partial charge < -0.3 is 10.1 Å². The van der Waals surface area contributed by atoms with Gasteiger partial charge in [0.25, 0.3) is 0 Å². The number of anilines is 2. The van der Waals surface area contributed by atoms with Crippen molar-refractivity contribution in [1.29, 1.82) is 0 Å². The Balaban J connectivity index is 1.82. The van der Waals surface area contributed by atoms with E-state index < -0.39 is 0 Å². The van der Waals surface area contributed by atoms with Gasteiger partial charge in [-0.15, -0.1) is 0 Å². The Labute approximate surface area is 153 Å². The lowest BCUT2D eigenvalue weighted by molar-refractivity contribution is 0.0531. The van der Waals surface area contributed by atoms with Gasteiger partial charge in [0.05, 0.1) is 18.0 Å². The maximum atomic E-state index is 11.9. The third-order valence-electron chi connectivity index (χ3n) is 3.27. The van der Waals surface area contributed by atoms with Crippen molar-refractivity contribution in [3.05, 3.63) is 52.1 Å². The van der Waals surface area contributed by atoms with Gasteiger partial charge in [-0.05, 0) is 32.0 Å². The summed E-state index contributed by atoms with van der Waals surface area (Å²) in [6.45, 7) is 3.85. The molecule has 2 heterocycles. The number of thiazole rings is 1. The molecule has 0 atom stereocenters. The van der Waals surface area contributed by atoms with Gasteiger partial charge in [-0.25, -0.2) is 19.7 Å². The largest absolute Gasteiger partial charge is 0.462 e. The number of carbonyl (C=O) groups is 1. The van der Waals surface area contributed by atoms with E-state index in [1.54, 1.807) is 20.0 Å². The average Bonchev–Trinajstić information content (AvgIpc) is 2.96. The number of halogens is 1. The second-order valence-electron chi connectivity index (χ2n) is 5.05. The molecule has 6 nitrogen and oxygen atoms in total. The van der Waals surface area contributed by atoms with E-state index in [1.807, 2.05) is 30.3 Å². The van der Waals surface area contributed by atoms with Gasteiger partial charge in [-0.2, -0.15) is 0 Å². The van der Waals surface area contributed by atoms with Crippen molar-refractivity contribution in [2.24, 2.45) is 0 Å². The fraction of sp³-hybridized carbons (Fsp3) is 0.176. The monoisotopic (exact) mass is 374 g/mol. The number of carbonyl (C=O) groups excluding carboxylic acids is 1. The highest BCUT2D eigenvalue weighted by Crippen LogP contribution is 2.26. The van der Waals surface area contributed by atoms with Crippen LogP contribution in [0.15, 0.2) is 36.5 Å². The summed E-state index contributed by atoms with van der Waals surface area (Å²) in [5.74, 6) is 0.0259. The van der Waals surface area contributed by atoms with Crippen molar-refractivity contribution in [3.8, 4) is 11.3 Å². The third kappa shape index (κ3) is 4.12. The number of aromatic nitrogens is 3. The Kier molecular flexibility index (Phi) is 5.25. The summed E-state index contributed by atoms with van der Waals surface area (Å²) in [5, 5.41) is 4.24. The van der Waals surface area contributed by atoms with E-state index in [9.17, 15) is 4.79 Å². The van der Waals surface area contributed by atoms with E-state index in [2.05, 4.69) is 20.3 Å². The second kappa shape index (κ2) is 7.58. The molecule has 8 heteroatoms. The Bertz CT molecular complexity index is 896. The van der Waals surface area contributed by atoms with Crippen LogP contribution >= 0.6 is 22.9 Å². The maximum Gasteiger partial charge on any atom is 0.350 e. The lowest BCUT2D eigenvalue weighted by Gasteiger charge is -2.04. The van der Waals surface area contributed by atoms with Crippen molar-refractivity contribution >= 4 is 40.0 Å². The number of aryl methyl sites for hydroxylation is 1. The first-order valence-corrected chi connectivity index (χ1v) is 8.77. The predicted molar refractivity (Wildman–Crippen MR) is 98.6 cm³/mol. The molecule has 3 aromatic rings. The van der Waals surface area contributed by atoms with Crippen LogP contribution < -0.4 is 5.32 Å². The van der Waals surface area contributed by atoms with Gasteiger partial charge in [0.15, 0.2) is 5.13 Å². The van der Waals surface area contributed by atoms with Gasteiger partial charge in [0, 0.05) is 16.8 Å². The Hall–Kier alpha value is -2.51. The van der Waals surface area contributed by atoms with Crippen molar-refractivity contribution in [3.63, 3.8) is 0 Å². The summed E-state index contributed by atoms with van der Waals surface area (Å²) in [7, 11) is 0. The lowest BCUT2D eigenvalue weighted by Crippen LogP contribution is -2.03. The fourth-order valence-electron chi connectivity index (χ4n) is 2.13. The number of ether oxygens (including phenoxy) is 1. The van der Waals surface area contributed by atoms with Gasteiger partial charge in [-0.3, -0.25) is 0 Å². The van der Waals surface area contributed by atoms with Crippen molar-refractivity contribution < 1.29 is 9.53 Å². The van der Waals surface area contributed by atoms with Crippen molar-refractivity contribution in [1.82, 2.24) is 15.0 Å². The van der Waals surface area contributed by atoms with Crippen LogP contribution in [0.5, 0.6) is 0 Å².